The zero-order valence-corrected chi connectivity index (χ0v) is 7.42. The number of benzene rings is 1. The Bertz CT molecular complexity index is 317. The van der Waals surface area contributed by atoms with E-state index in [0.29, 0.717) is 12.1 Å². The number of nitrogens with one attached hydrogen (secondary N) is 1. The van der Waals surface area contributed by atoms with Crippen molar-refractivity contribution in [1.82, 2.24) is 0 Å². The molecule has 1 rings (SSSR count). The van der Waals surface area contributed by atoms with E-state index >= 15 is 0 Å². The molecule has 0 aliphatic heterocycles. The van der Waals surface area contributed by atoms with Gasteiger partial charge in [0.05, 0.1) is 12.5 Å². The van der Waals surface area contributed by atoms with Gasteiger partial charge in [0.15, 0.2) is 0 Å². The fourth-order valence-corrected chi connectivity index (χ4v) is 1.05. The molecule has 0 radical (unpaired) electrons. The first-order chi connectivity index (χ1) is 6.22. The Morgan fingerprint density at radius 1 is 1.62 bits per heavy atom. The van der Waals surface area contributed by atoms with Crippen LogP contribution in [-0.4, -0.2) is 6.04 Å². The minimum Gasteiger partial charge on any atom is -0.381 e. The van der Waals surface area contributed by atoms with Crippen LogP contribution in [0.4, 0.5) is 10.1 Å². The average molecular weight is 178 g/mol. The molecule has 3 heteroatoms. The molecule has 0 fully saturated rings. The van der Waals surface area contributed by atoms with Crippen LogP contribution in [0.15, 0.2) is 24.3 Å². The molecule has 0 heterocycles. The minimum absolute atomic E-state index is 0.0480. The summed E-state index contributed by atoms with van der Waals surface area (Å²) in [7, 11) is 0. The van der Waals surface area contributed by atoms with E-state index in [2.05, 4.69) is 5.32 Å². The van der Waals surface area contributed by atoms with Crippen LogP contribution in [0.3, 0.4) is 0 Å². The van der Waals surface area contributed by atoms with Crippen molar-refractivity contribution in [3.63, 3.8) is 0 Å². The lowest BCUT2D eigenvalue weighted by Gasteiger charge is -2.11. The minimum atomic E-state index is -0.269. The summed E-state index contributed by atoms with van der Waals surface area (Å²) in [5.74, 6) is -0.269. The Labute approximate surface area is 77.0 Å². The second-order valence-corrected chi connectivity index (χ2v) is 2.92. The number of halogens is 1. The quantitative estimate of drug-likeness (QED) is 0.772. The summed E-state index contributed by atoms with van der Waals surface area (Å²) in [5.41, 5.74) is 0.711. The van der Waals surface area contributed by atoms with Crippen LogP contribution in [-0.2, 0) is 0 Å². The van der Waals surface area contributed by atoms with Crippen molar-refractivity contribution in [2.45, 2.75) is 19.4 Å². The molecule has 0 saturated heterocycles. The van der Waals surface area contributed by atoms with Gasteiger partial charge < -0.3 is 5.32 Å². The maximum atomic E-state index is 12.7. The molecule has 1 unspecified atom stereocenters. The van der Waals surface area contributed by atoms with E-state index in [4.69, 9.17) is 5.26 Å². The van der Waals surface area contributed by atoms with Crippen molar-refractivity contribution < 1.29 is 4.39 Å². The molecule has 0 aliphatic carbocycles. The van der Waals surface area contributed by atoms with Gasteiger partial charge in [0.2, 0.25) is 0 Å². The van der Waals surface area contributed by atoms with Crippen molar-refractivity contribution in [2.75, 3.05) is 5.32 Å². The summed E-state index contributed by atoms with van der Waals surface area (Å²) in [6, 6.07) is 8.30. The van der Waals surface area contributed by atoms with Crippen LogP contribution >= 0.6 is 0 Å². The lowest BCUT2D eigenvalue weighted by atomic mass is 10.2. The molecular weight excluding hydrogens is 167 g/mol. The van der Waals surface area contributed by atoms with Crippen molar-refractivity contribution in [2.24, 2.45) is 0 Å². The van der Waals surface area contributed by atoms with Crippen molar-refractivity contribution in [3.05, 3.63) is 30.1 Å². The molecule has 0 spiro atoms. The molecule has 13 heavy (non-hydrogen) atoms. The van der Waals surface area contributed by atoms with Gasteiger partial charge >= 0.3 is 0 Å². The van der Waals surface area contributed by atoms with Gasteiger partial charge in [0, 0.05) is 11.7 Å². The van der Waals surface area contributed by atoms with Gasteiger partial charge in [0.1, 0.15) is 5.82 Å². The highest BCUT2D eigenvalue weighted by atomic mass is 19.1. The van der Waals surface area contributed by atoms with E-state index in [1.54, 1.807) is 12.1 Å². The third kappa shape index (κ3) is 3.12. The van der Waals surface area contributed by atoms with E-state index < -0.39 is 0 Å². The summed E-state index contributed by atoms with van der Waals surface area (Å²) < 4.78 is 12.7. The number of rotatable bonds is 3. The zero-order chi connectivity index (χ0) is 9.68. The van der Waals surface area contributed by atoms with Gasteiger partial charge in [-0.2, -0.15) is 5.26 Å². The van der Waals surface area contributed by atoms with Gasteiger partial charge in [-0.1, -0.05) is 6.07 Å². The van der Waals surface area contributed by atoms with Crippen LogP contribution in [0, 0.1) is 17.1 Å². The maximum Gasteiger partial charge on any atom is 0.125 e. The predicted octanol–water partition coefficient (Wildman–Crippen LogP) is 2.54. The van der Waals surface area contributed by atoms with Crippen molar-refractivity contribution in [1.29, 1.82) is 5.26 Å². The Morgan fingerprint density at radius 2 is 2.38 bits per heavy atom. The summed E-state index contributed by atoms with van der Waals surface area (Å²) in [6.07, 6.45) is 0.413. The summed E-state index contributed by atoms with van der Waals surface area (Å²) in [6.45, 7) is 1.88. The molecule has 0 saturated carbocycles. The van der Waals surface area contributed by atoms with Gasteiger partial charge in [0.25, 0.3) is 0 Å². The highest BCUT2D eigenvalue weighted by Gasteiger charge is 2.00. The smallest absolute Gasteiger partial charge is 0.125 e. The Hall–Kier alpha value is -1.56. The molecule has 68 valence electrons. The van der Waals surface area contributed by atoms with Crippen molar-refractivity contribution >= 4 is 5.69 Å². The number of hydrogen-bond donors (Lipinski definition) is 1. The van der Waals surface area contributed by atoms with E-state index in [1.807, 2.05) is 13.0 Å². The predicted molar refractivity (Wildman–Crippen MR) is 49.7 cm³/mol. The second-order valence-electron chi connectivity index (χ2n) is 2.92. The fraction of sp³-hybridized carbons (Fsp3) is 0.300. The highest BCUT2D eigenvalue weighted by Crippen LogP contribution is 2.10. The van der Waals surface area contributed by atoms with Gasteiger partial charge in [-0.15, -0.1) is 0 Å². The van der Waals surface area contributed by atoms with E-state index in [9.17, 15) is 4.39 Å². The molecule has 1 atom stereocenters. The Balaban J connectivity index is 2.59. The number of hydrogen-bond acceptors (Lipinski definition) is 2. The van der Waals surface area contributed by atoms with Gasteiger partial charge in [-0.05, 0) is 25.1 Å². The molecule has 1 N–H and O–H groups in total. The standard InChI is InChI=1S/C10H11FN2/c1-8(5-6-12)13-10-4-2-3-9(11)7-10/h2-4,7-8,13H,5H2,1H3. The molecule has 0 bridgehead atoms. The summed E-state index contributed by atoms with van der Waals surface area (Å²) >= 11 is 0. The first-order valence-electron chi connectivity index (χ1n) is 4.11. The monoisotopic (exact) mass is 178 g/mol. The Morgan fingerprint density at radius 3 is 3.00 bits per heavy atom. The fourth-order valence-electron chi connectivity index (χ4n) is 1.05. The van der Waals surface area contributed by atoms with Gasteiger partial charge in [-0.3, -0.25) is 0 Å². The zero-order valence-electron chi connectivity index (χ0n) is 7.42. The van der Waals surface area contributed by atoms with Gasteiger partial charge in [-0.25, -0.2) is 4.39 Å². The normalized spacial score (nSPS) is 11.8. The molecule has 0 aromatic heterocycles. The number of nitriles is 1. The van der Waals surface area contributed by atoms with Crippen LogP contribution in [0.2, 0.25) is 0 Å². The highest BCUT2D eigenvalue weighted by molar-refractivity contribution is 5.43. The average Bonchev–Trinajstić information content (AvgIpc) is 2.04. The van der Waals surface area contributed by atoms with Crippen LogP contribution in [0.5, 0.6) is 0 Å². The molecule has 0 aliphatic rings. The summed E-state index contributed by atoms with van der Waals surface area (Å²) in [5, 5.41) is 11.4. The lowest BCUT2D eigenvalue weighted by molar-refractivity contribution is 0.628. The van der Waals surface area contributed by atoms with E-state index in [0.717, 1.165) is 0 Å². The largest absolute Gasteiger partial charge is 0.381 e. The van der Waals surface area contributed by atoms with Crippen LogP contribution in [0.25, 0.3) is 0 Å². The molecule has 1 aromatic carbocycles. The third-order valence-electron chi connectivity index (χ3n) is 1.64. The maximum absolute atomic E-state index is 12.7. The Kier molecular flexibility index (Phi) is 3.27. The van der Waals surface area contributed by atoms with Crippen LogP contribution in [0.1, 0.15) is 13.3 Å². The number of anilines is 1. The third-order valence-corrected chi connectivity index (χ3v) is 1.64. The first-order valence-corrected chi connectivity index (χ1v) is 4.11. The van der Waals surface area contributed by atoms with Crippen molar-refractivity contribution in [3.8, 4) is 6.07 Å². The van der Waals surface area contributed by atoms with E-state index in [1.165, 1.54) is 12.1 Å². The van der Waals surface area contributed by atoms with Crippen LogP contribution < -0.4 is 5.32 Å². The molecule has 0 amide bonds. The molecular formula is C10H11FN2. The topological polar surface area (TPSA) is 35.8 Å². The number of nitrogens with zero attached hydrogens (tertiary/aromatic N) is 1. The first kappa shape index (κ1) is 9.53. The lowest BCUT2D eigenvalue weighted by Crippen LogP contribution is -2.13. The molecule has 1 aromatic rings. The SMILES string of the molecule is CC(CC#N)Nc1cccc(F)c1. The second kappa shape index (κ2) is 4.46. The van der Waals surface area contributed by atoms with E-state index in [-0.39, 0.29) is 11.9 Å². The summed E-state index contributed by atoms with van der Waals surface area (Å²) in [4.78, 5) is 0. The molecule has 2 nitrogen and oxygen atoms in total.